The highest BCUT2D eigenvalue weighted by atomic mass is 32.2. The van der Waals surface area contributed by atoms with Crippen LogP contribution in [0.5, 0.6) is 11.5 Å². The van der Waals surface area contributed by atoms with E-state index >= 15 is 0 Å². The van der Waals surface area contributed by atoms with Crippen molar-refractivity contribution in [2.45, 2.75) is 37.9 Å². The summed E-state index contributed by atoms with van der Waals surface area (Å²) in [6.45, 7) is 5.52. The Morgan fingerprint density at radius 3 is 2.29 bits per heavy atom. The summed E-state index contributed by atoms with van der Waals surface area (Å²) >= 11 is 0. The summed E-state index contributed by atoms with van der Waals surface area (Å²) in [7, 11) is -0.789. The second-order valence-electron chi connectivity index (χ2n) is 8.50. The summed E-state index contributed by atoms with van der Waals surface area (Å²) in [5.74, 6) is 1.07. The van der Waals surface area contributed by atoms with Gasteiger partial charge >= 0.3 is 0 Å². The zero-order valence-electron chi connectivity index (χ0n) is 21.9. The molecule has 0 N–H and O–H groups in total. The predicted molar refractivity (Wildman–Crippen MR) is 141 cm³/mol. The van der Waals surface area contributed by atoms with Crippen LogP contribution in [0.2, 0.25) is 0 Å². The fourth-order valence-corrected chi connectivity index (χ4v) is 5.47. The molecule has 12 heteroatoms. The summed E-state index contributed by atoms with van der Waals surface area (Å²) in [4.78, 5) is 12.8. The third-order valence-electron chi connectivity index (χ3n) is 6.04. The molecule has 3 aromatic heterocycles. The topological polar surface area (TPSA) is 131 Å². The van der Waals surface area contributed by atoms with Crippen LogP contribution in [0.3, 0.4) is 0 Å². The van der Waals surface area contributed by atoms with E-state index in [2.05, 4.69) is 25.1 Å². The highest BCUT2D eigenvalue weighted by Gasteiger charge is 2.35. The van der Waals surface area contributed by atoms with Gasteiger partial charge in [-0.15, -0.1) is 10.2 Å². The molecule has 200 valence electrons. The van der Waals surface area contributed by atoms with E-state index in [-0.39, 0.29) is 5.82 Å². The number of nitrogens with zero attached hydrogens (tertiary/aromatic N) is 6. The van der Waals surface area contributed by atoms with Crippen LogP contribution in [-0.2, 0) is 20.3 Å². The second-order valence-corrected chi connectivity index (χ2v) is 10.9. The van der Waals surface area contributed by atoms with E-state index in [1.165, 1.54) is 14.2 Å². The van der Waals surface area contributed by atoms with Crippen molar-refractivity contribution in [1.29, 1.82) is 0 Å². The molecular formula is C26H30N6O5S. The number of pyridine rings is 1. The number of methoxy groups -OCH3 is 2. The van der Waals surface area contributed by atoms with Crippen molar-refractivity contribution >= 4 is 9.84 Å². The van der Waals surface area contributed by atoms with Crippen LogP contribution in [0, 0.1) is 6.92 Å². The van der Waals surface area contributed by atoms with Crippen molar-refractivity contribution in [2.75, 3.05) is 20.8 Å². The number of para-hydroxylation sites is 1. The Morgan fingerprint density at radius 2 is 1.71 bits per heavy atom. The quantitative estimate of drug-likeness (QED) is 0.279. The average molecular weight is 539 g/mol. The first-order valence-corrected chi connectivity index (χ1v) is 13.7. The maximum Gasteiger partial charge on any atom is 0.170 e. The van der Waals surface area contributed by atoms with Gasteiger partial charge in [-0.3, -0.25) is 19.5 Å². The summed E-state index contributed by atoms with van der Waals surface area (Å²) in [6, 6.07) is 8.88. The zero-order valence-corrected chi connectivity index (χ0v) is 22.7. The normalized spacial score (nSPS) is 13.2. The lowest BCUT2D eigenvalue weighted by Crippen LogP contribution is -2.30. The standard InChI is InChI=1S/C26H30N6O5S/c1-6-37-25(20-15-28-17(2)13-29-20)18(3)38(33,34)16-23-30-31-26(19-9-8-12-27-14-19)32(23)24-21(35-4)10-7-11-22(24)36-5/h7-15,18,25H,6,16H2,1-5H3/t18-,25+/m0/s1. The van der Waals surface area contributed by atoms with Crippen molar-refractivity contribution < 1.29 is 22.6 Å². The van der Waals surface area contributed by atoms with Gasteiger partial charge in [0, 0.05) is 30.8 Å². The predicted octanol–water partition coefficient (Wildman–Crippen LogP) is 3.53. The Labute approximate surface area is 221 Å². The zero-order chi connectivity index (χ0) is 27.3. The molecule has 3 heterocycles. The van der Waals surface area contributed by atoms with Crippen LogP contribution in [-0.4, -0.2) is 64.2 Å². The fourth-order valence-electron chi connectivity index (χ4n) is 4.07. The van der Waals surface area contributed by atoms with Crippen LogP contribution in [0.25, 0.3) is 17.1 Å². The highest BCUT2D eigenvalue weighted by Crippen LogP contribution is 2.37. The highest BCUT2D eigenvalue weighted by molar-refractivity contribution is 7.91. The lowest BCUT2D eigenvalue weighted by atomic mass is 10.2. The van der Waals surface area contributed by atoms with Gasteiger partial charge in [0.15, 0.2) is 21.5 Å². The SMILES string of the molecule is CCO[C@@H](c1cnc(C)cn1)[C@H](C)S(=O)(=O)Cc1nnc(-c2cccnc2)n1-c1c(OC)cccc1OC. The molecule has 38 heavy (non-hydrogen) atoms. The number of rotatable bonds is 11. The maximum absolute atomic E-state index is 13.8. The first kappa shape index (κ1) is 27.1. The number of sulfone groups is 1. The van der Waals surface area contributed by atoms with Crippen LogP contribution >= 0.6 is 0 Å². The molecule has 1 aromatic carbocycles. The molecule has 0 saturated heterocycles. The molecule has 11 nitrogen and oxygen atoms in total. The van der Waals surface area contributed by atoms with Crippen LogP contribution in [0.15, 0.2) is 55.1 Å². The van der Waals surface area contributed by atoms with Crippen LogP contribution in [0.1, 0.15) is 37.2 Å². The molecule has 0 aliphatic heterocycles. The number of ether oxygens (including phenoxy) is 3. The molecule has 2 atom stereocenters. The molecule has 0 fully saturated rings. The van der Waals surface area contributed by atoms with Crippen molar-refractivity contribution in [2.24, 2.45) is 0 Å². The van der Waals surface area contributed by atoms with Gasteiger partial charge in [0.05, 0.1) is 37.1 Å². The third kappa shape index (κ3) is 5.50. The van der Waals surface area contributed by atoms with Crippen LogP contribution < -0.4 is 9.47 Å². The number of hydrogen-bond acceptors (Lipinski definition) is 10. The second kappa shape index (κ2) is 11.7. The largest absolute Gasteiger partial charge is 0.494 e. The summed E-state index contributed by atoms with van der Waals surface area (Å²) < 4.78 is 46.3. The van der Waals surface area contributed by atoms with E-state index in [9.17, 15) is 8.42 Å². The number of benzene rings is 1. The van der Waals surface area contributed by atoms with Gasteiger partial charge in [-0.1, -0.05) is 6.07 Å². The molecular weight excluding hydrogens is 508 g/mol. The molecule has 0 bridgehead atoms. The molecule has 0 spiro atoms. The van der Waals surface area contributed by atoms with Gasteiger partial charge in [-0.2, -0.15) is 0 Å². The van der Waals surface area contributed by atoms with E-state index in [1.807, 2.05) is 13.0 Å². The minimum absolute atomic E-state index is 0.184. The number of aromatic nitrogens is 6. The first-order valence-electron chi connectivity index (χ1n) is 12.0. The van der Waals surface area contributed by atoms with Gasteiger partial charge in [-0.25, -0.2) is 8.42 Å². The lowest BCUT2D eigenvalue weighted by molar-refractivity contribution is 0.0586. The van der Waals surface area contributed by atoms with Gasteiger partial charge in [0.25, 0.3) is 0 Å². The minimum atomic E-state index is -3.84. The van der Waals surface area contributed by atoms with Crippen molar-refractivity contribution in [3.05, 3.63) is 72.3 Å². The lowest BCUT2D eigenvalue weighted by Gasteiger charge is -2.23. The Kier molecular flexibility index (Phi) is 8.32. The number of aryl methyl sites for hydroxylation is 1. The van der Waals surface area contributed by atoms with Gasteiger partial charge in [-0.05, 0) is 45.0 Å². The van der Waals surface area contributed by atoms with E-state index in [0.29, 0.717) is 40.9 Å². The fraction of sp³-hybridized carbons (Fsp3) is 0.346. The number of hydrogen-bond donors (Lipinski definition) is 0. The smallest absolute Gasteiger partial charge is 0.170 e. The van der Waals surface area contributed by atoms with E-state index < -0.39 is 26.9 Å². The Morgan fingerprint density at radius 1 is 0.974 bits per heavy atom. The van der Waals surface area contributed by atoms with Gasteiger partial charge in [0.1, 0.15) is 29.0 Å². The summed E-state index contributed by atoms with van der Waals surface area (Å²) in [5, 5.41) is 7.70. The van der Waals surface area contributed by atoms with E-state index in [1.54, 1.807) is 67.5 Å². The molecule has 0 amide bonds. The molecule has 0 aliphatic rings. The van der Waals surface area contributed by atoms with Crippen LogP contribution in [0.4, 0.5) is 0 Å². The molecule has 0 radical (unpaired) electrons. The monoisotopic (exact) mass is 538 g/mol. The first-order chi connectivity index (χ1) is 18.3. The molecule has 4 aromatic rings. The molecule has 0 aliphatic carbocycles. The van der Waals surface area contributed by atoms with Crippen molar-refractivity contribution in [3.8, 4) is 28.6 Å². The summed E-state index contributed by atoms with van der Waals surface area (Å²) in [5.41, 5.74) is 2.29. The Bertz CT molecular complexity index is 1450. The van der Waals surface area contributed by atoms with Crippen molar-refractivity contribution in [1.82, 2.24) is 29.7 Å². The Balaban J connectivity index is 1.83. The molecule has 4 rings (SSSR count). The van der Waals surface area contributed by atoms with Crippen molar-refractivity contribution in [3.63, 3.8) is 0 Å². The minimum Gasteiger partial charge on any atom is -0.494 e. The van der Waals surface area contributed by atoms with Gasteiger partial charge in [0.2, 0.25) is 0 Å². The third-order valence-corrected chi connectivity index (χ3v) is 8.08. The van der Waals surface area contributed by atoms with E-state index in [4.69, 9.17) is 14.2 Å². The average Bonchev–Trinajstić information content (AvgIpc) is 3.34. The Hall–Kier alpha value is -3.90. The summed E-state index contributed by atoms with van der Waals surface area (Å²) in [6.07, 6.45) is 5.59. The maximum atomic E-state index is 13.8. The van der Waals surface area contributed by atoms with Gasteiger partial charge < -0.3 is 14.2 Å². The molecule has 0 unspecified atom stereocenters. The molecule has 0 saturated carbocycles. The van der Waals surface area contributed by atoms with E-state index in [0.717, 1.165) is 5.69 Å².